The Morgan fingerprint density at radius 2 is 2.04 bits per heavy atom. The van der Waals surface area contributed by atoms with Crippen LogP contribution in [0.3, 0.4) is 0 Å². The molecule has 3 aliphatic rings. The van der Waals surface area contributed by atoms with E-state index >= 15 is 0 Å². The van der Waals surface area contributed by atoms with Crippen molar-refractivity contribution in [2.75, 3.05) is 5.75 Å². The van der Waals surface area contributed by atoms with Crippen LogP contribution in [0.1, 0.15) is 6.42 Å². The lowest BCUT2D eigenvalue weighted by Crippen LogP contribution is -2.44. The summed E-state index contributed by atoms with van der Waals surface area (Å²) in [5.74, 6) is -6.30. The summed E-state index contributed by atoms with van der Waals surface area (Å²) >= 11 is 0. The molecule has 1 N–H and O–H groups in total. The molecule has 23 heavy (non-hydrogen) atoms. The van der Waals surface area contributed by atoms with Gasteiger partial charge in [-0.05, 0) is 0 Å². The maximum absolute atomic E-state index is 12.8. The van der Waals surface area contributed by atoms with Crippen molar-refractivity contribution in [2.24, 2.45) is 11.8 Å². The van der Waals surface area contributed by atoms with Gasteiger partial charge in [0.15, 0.2) is 0 Å². The number of carbonyl (C=O) groups is 2. The summed E-state index contributed by atoms with van der Waals surface area (Å²) in [6.45, 7) is 0. The Morgan fingerprint density at radius 1 is 1.39 bits per heavy atom. The molecule has 130 valence electrons. The molecule has 3 fully saturated rings. The Bertz CT molecular complexity index is 642. The van der Waals surface area contributed by atoms with Crippen molar-refractivity contribution >= 4 is 22.1 Å². The number of alkyl halides is 3. The summed E-state index contributed by atoms with van der Waals surface area (Å²) in [5.41, 5.74) is 0. The van der Waals surface area contributed by atoms with E-state index in [0.29, 0.717) is 0 Å². The van der Waals surface area contributed by atoms with Gasteiger partial charge in [0.25, 0.3) is 10.1 Å². The first-order valence-electron chi connectivity index (χ1n) is 6.55. The minimum absolute atomic E-state index is 0.168. The van der Waals surface area contributed by atoms with Gasteiger partial charge >= 0.3 is 18.1 Å². The topological polar surface area (TPSA) is 116 Å². The molecular formula is C11H11F3O8S. The average Bonchev–Trinajstić information content (AvgIpc) is 2.95. The molecule has 3 rings (SSSR count). The molecular weight excluding hydrogens is 349 g/mol. The molecule has 0 aromatic heterocycles. The van der Waals surface area contributed by atoms with Crippen molar-refractivity contribution in [3.8, 4) is 0 Å². The molecule has 6 atom stereocenters. The lowest BCUT2D eigenvalue weighted by atomic mass is 9.80. The third-order valence-corrected chi connectivity index (χ3v) is 4.83. The fourth-order valence-corrected chi connectivity index (χ4v) is 3.86. The largest absolute Gasteiger partial charge is 0.459 e. The molecule has 0 saturated carbocycles. The fourth-order valence-electron chi connectivity index (χ4n) is 3.22. The molecule has 0 aromatic rings. The molecule has 8 nitrogen and oxygen atoms in total. The number of esters is 2. The van der Waals surface area contributed by atoms with Crippen LogP contribution in [-0.4, -0.2) is 61.3 Å². The third-order valence-electron chi connectivity index (χ3n) is 4.10. The van der Waals surface area contributed by atoms with Crippen molar-refractivity contribution < 1.29 is 49.9 Å². The summed E-state index contributed by atoms with van der Waals surface area (Å²) in [5, 5.41) is 0. The van der Waals surface area contributed by atoms with Gasteiger partial charge in [-0.1, -0.05) is 0 Å². The van der Waals surface area contributed by atoms with Gasteiger partial charge in [0.1, 0.15) is 23.9 Å². The van der Waals surface area contributed by atoms with Crippen LogP contribution in [-0.2, 0) is 33.9 Å². The molecule has 12 heteroatoms. The van der Waals surface area contributed by atoms with Gasteiger partial charge < -0.3 is 14.2 Å². The Hall–Kier alpha value is -1.40. The second kappa shape index (κ2) is 5.05. The summed E-state index contributed by atoms with van der Waals surface area (Å²) in [6.07, 6.45) is -10.1. The Kier molecular flexibility index (Phi) is 3.61. The highest BCUT2D eigenvalue weighted by Gasteiger charge is 2.66. The maximum atomic E-state index is 12.8. The summed E-state index contributed by atoms with van der Waals surface area (Å²) in [6, 6.07) is 0. The first-order valence-corrected chi connectivity index (χ1v) is 8.16. The minimum Gasteiger partial charge on any atom is -0.459 e. The molecule has 3 saturated heterocycles. The van der Waals surface area contributed by atoms with E-state index in [1.807, 2.05) is 0 Å². The number of carbonyl (C=O) groups excluding carboxylic acids is 2. The van der Waals surface area contributed by atoms with E-state index in [-0.39, 0.29) is 6.42 Å². The van der Waals surface area contributed by atoms with Crippen LogP contribution in [0.2, 0.25) is 0 Å². The van der Waals surface area contributed by atoms with Gasteiger partial charge in [-0.2, -0.15) is 21.6 Å². The van der Waals surface area contributed by atoms with E-state index in [2.05, 4.69) is 4.74 Å². The predicted octanol–water partition coefficient (Wildman–Crippen LogP) is -0.323. The lowest BCUT2D eigenvalue weighted by Gasteiger charge is -2.24. The molecule has 3 heterocycles. The zero-order valence-corrected chi connectivity index (χ0v) is 12.0. The minimum atomic E-state index is -5.19. The second-order valence-electron chi connectivity index (χ2n) is 5.62. The van der Waals surface area contributed by atoms with Gasteiger partial charge in [-0.3, -0.25) is 14.1 Å². The van der Waals surface area contributed by atoms with Gasteiger partial charge in [-0.25, -0.2) is 0 Å². The van der Waals surface area contributed by atoms with E-state index < -0.39 is 70.2 Å². The first-order chi connectivity index (χ1) is 10.5. The van der Waals surface area contributed by atoms with Crippen LogP contribution in [0, 0.1) is 11.8 Å². The SMILES string of the molecule is O=C(OC(CS(=O)(=O)O)C(F)(F)F)C1C2CC3OC(=O)C1C3O2. The van der Waals surface area contributed by atoms with E-state index in [9.17, 15) is 31.2 Å². The zero-order chi connectivity index (χ0) is 17.2. The first kappa shape index (κ1) is 16.5. The second-order valence-corrected chi connectivity index (χ2v) is 7.11. The number of fused-ring (bicyclic) bond motifs is 1. The van der Waals surface area contributed by atoms with Crippen LogP contribution < -0.4 is 0 Å². The van der Waals surface area contributed by atoms with Crippen molar-refractivity contribution in [1.82, 2.24) is 0 Å². The maximum Gasteiger partial charge on any atom is 0.426 e. The van der Waals surface area contributed by atoms with E-state index in [4.69, 9.17) is 14.0 Å². The van der Waals surface area contributed by atoms with Crippen LogP contribution >= 0.6 is 0 Å². The quantitative estimate of drug-likeness (QED) is 0.535. The van der Waals surface area contributed by atoms with Gasteiger partial charge in [0.2, 0.25) is 6.10 Å². The standard InChI is InChI=1S/C11H11F3O8S/c12-11(13,14)5(2-23(17,18)19)22-9(15)6-3-1-4-8(20-3)7(6)10(16)21-4/h3-8H,1-2H2,(H,17,18,19). The van der Waals surface area contributed by atoms with Crippen LogP contribution in [0.4, 0.5) is 13.2 Å². The predicted molar refractivity (Wildman–Crippen MR) is 62.5 cm³/mol. The monoisotopic (exact) mass is 360 g/mol. The van der Waals surface area contributed by atoms with Gasteiger partial charge in [-0.15, -0.1) is 0 Å². The fraction of sp³-hybridized carbons (Fsp3) is 0.818. The summed E-state index contributed by atoms with van der Waals surface area (Å²) in [7, 11) is -5.03. The highest BCUT2D eigenvalue weighted by atomic mass is 32.2. The Balaban J connectivity index is 1.76. The van der Waals surface area contributed by atoms with Crippen LogP contribution in [0.5, 0.6) is 0 Å². The smallest absolute Gasteiger partial charge is 0.426 e. The number of rotatable bonds is 4. The number of hydrogen-bond donors (Lipinski definition) is 1. The van der Waals surface area contributed by atoms with E-state index in [1.54, 1.807) is 0 Å². The summed E-state index contributed by atoms with van der Waals surface area (Å²) in [4.78, 5) is 23.7. The molecule has 3 aliphatic heterocycles. The molecule has 0 aromatic carbocycles. The Morgan fingerprint density at radius 3 is 2.61 bits per heavy atom. The van der Waals surface area contributed by atoms with E-state index in [1.165, 1.54) is 0 Å². The van der Waals surface area contributed by atoms with E-state index in [0.717, 1.165) is 0 Å². The van der Waals surface area contributed by atoms with Crippen molar-refractivity contribution in [3.63, 3.8) is 0 Å². The van der Waals surface area contributed by atoms with Crippen molar-refractivity contribution in [1.29, 1.82) is 0 Å². The lowest BCUT2D eigenvalue weighted by molar-refractivity contribution is -0.218. The highest BCUT2D eigenvalue weighted by Crippen LogP contribution is 2.50. The molecule has 0 aliphatic carbocycles. The molecule has 6 unspecified atom stereocenters. The van der Waals surface area contributed by atoms with Crippen LogP contribution in [0.25, 0.3) is 0 Å². The molecule has 2 bridgehead atoms. The number of halogens is 3. The number of ether oxygens (including phenoxy) is 3. The third kappa shape index (κ3) is 2.90. The average molecular weight is 360 g/mol. The van der Waals surface area contributed by atoms with Crippen molar-refractivity contribution in [3.05, 3.63) is 0 Å². The Labute approximate surface area is 127 Å². The molecule has 0 amide bonds. The molecule has 0 spiro atoms. The van der Waals surface area contributed by atoms with Gasteiger partial charge in [0.05, 0.1) is 12.0 Å². The van der Waals surface area contributed by atoms with Crippen LogP contribution in [0.15, 0.2) is 0 Å². The normalized spacial score (nSPS) is 36.9. The molecule has 0 radical (unpaired) electrons. The summed E-state index contributed by atoms with van der Waals surface area (Å²) < 4.78 is 82.7. The van der Waals surface area contributed by atoms with Gasteiger partial charge in [0, 0.05) is 6.42 Å². The highest BCUT2D eigenvalue weighted by molar-refractivity contribution is 7.85. The van der Waals surface area contributed by atoms with Crippen molar-refractivity contribution in [2.45, 2.75) is 37.0 Å². The number of hydrogen-bond acceptors (Lipinski definition) is 7. The zero-order valence-electron chi connectivity index (χ0n) is 11.2.